The summed E-state index contributed by atoms with van der Waals surface area (Å²) in [5.74, 6) is 0. The zero-order valence-electron chi connectivity index (χ0n) is 8.32. The van der Waals surface area contributed by atoms with Crippen LogP contribution in [0.3, 0.4) is 0 Å². The van der Waals surface area contributed by atoms with Gasteiger partial charge in [-0.25, -0.2) is 4.98 Å². The van der Waals surface area contributed by atoms with E-state index in [0.29, 0.717) is 0 Å². The summed E-state index contributed by atoms with van der Waals surface area (Å²) >= 11 is 2.04. The molecule has 4 atom stereocenters. The van der Waals surface area contributed by atoms with Crippen molar-refractivity contribution in [1.82, 2.24) is 4.98 Å². The molecule has 6 heteroatoms. The van der Waals surface area contributed by atoms with Gasteiger partial charge in [0, 0.05) is 11.8 Å². The van der Waals surface area contributed by atoms with Gasteiger partial charge >= 0.3 is 0 Å². The normalized spacial score (nSPS) is 34.2. The third kappa shape index (κ3) is 2.07. The molecule has 88 valence electrons. The molecule has 0 saturated carbocycles. The summed E-state index contributed by atoms with van der Waals surface area (Å²) in [6, 6.07) is 3.53. The van der Waals surface area contributed by atoms with Crippen LogP contribution in [0, 0.1) is 3.70 Å². The average Bonchev–Trinajstić information content (AvgIpc) is 2.57. The van der Waals surface area contributed by atoms with E-state index in [1.807, 2.05) is 22.6 Å². The Morgan fingerprint density at radius 1 is 1.38 bits per heavy atom. The lowest BCUT2D eigenvalue weighted by Crippen LogP contribution is -2.32. The Hall–Kier alpha value is -0.280. The van der Waals surface area contributed by atoms with Gasteiger partial charge in [-0.2, -0.15) is 0 Å². The van der Waals surface area contributed by atoms with Crippen LogP contribution in [-0.2, 0) is 4.74 Å². The maximum absolute atomic E-state index is 9.82. The summed E-state index contributed by atoms with van der Waals surface area (Å²) in [6.45, 7) is -0.314. The molecule has 5 nitrogen and oxygen atoms in total. The Morgan fingerprint density at radius 2 is 2.12 bits per heavy atom. The molecular formula is C10H12INO4. The third-order valence-electron chi connectivity index (χ3n) is 2.64. The first-order valence-corrected chi connectivity index (χ1v) is 5.96. The molecule has 16 heavy (non-hydrogen) atoms. The highest BCUT2D eigenvalue weighted by Crippen LogP contribution is 2.34. The summed E-state index contributed by atoms with van der Waals surface area (Å²) < 4.78 is 6.12. The standard InChI is InChI=1S/C10H12INO4/c11-10-5(2-1-3-12-10)9-8(15)7(14)6(4-13)16-9/h1-3,6-9,13-15H,4H2/t6-,7-,8-,9+/m1/s1. The van der Waals surface area contributed by atoms with Gasteiger partial charge in [-0.05, 0) is 28.7 Å². The van der Waals surface area contributed by atoms with E-state index in [4.69, 9.17) is 9.84 Å². The van der Waals surface area contributed by atoms with E-state index in [-0.39, 0.29) is 6.61 Å². The highest BCUT2D eigenvalue weighted by molar-refractivity contribution is 14.1. The van der Waals surface area contributed by atoms with Crippen molar-refractivity contribution in [2.24, 2.45) is 0 Å². The quantitative estimate of drug-likeness (QED) is 0.516. The molecule has 0 aliphatic carbocycles. The summed E-state index contributed by atoms with van der Waals surface area (Å²) in [5.41, 5.74) is 0.727. The molecule has 1 aromatic heterocycles. The van der Waals surface area contributed by atoms with E-state index in [1.165, 1.54) is 0 Å². The molecule has 1 fully saturated rings. The SMILES string of the molecule is OC[C@H]1O[C@@H](c2cccnc2I)[C@H](O)[C@@H]1O. The maximum Gasteiger partial charge on any atom is 0.114 e. The number of hydrogen-bond acceptors (Lipinski definition) is 5. The Morgan fingerprint density at radius 3 is 2.69 bits per heavy atom. The van der Waals surface area contributed by atoms with Gasteiger partial charge in [-0.3, -0.25) is 0 Å². The Balaban J connectivity index is 2.26. The minimum absolute atomic E-state index is 0.314. The smallest absolute Gasteiger partial charge is 0.114 e. The average molecular weight is 337 g/mol. The van der Waals surface area contributed by atoms with Crippen molar-refractivity contribution in [2.75, 3.05) is 6.61 Å². The monoisotopic (exact) mass is 337 g/mol. The van der Waals surface area contributed by atoms with Gasteiger partial charge in [0.25, 0.3) is 0 Å². The molecule has 0 aromatic carbocycles. The molecular weight excluding hydrogens is 325 g/mol. The van der Waals surface area contributed by atoms with Crippen molar-refractivity contribution >= 4 is 22.6 Å². The first-order chi connectivity index (χ1) is 7.65. The fraction of sp³-hybridized carbons (Fsp3) is 0.500. The van der Waals surface area contributed by atoms with Gasteiger partial charge in [0.15, 0.2) is 0 Å². The predicted octanol–water partition coefficient (Wildman–Crippen LogP) is -0.160. The lowest BCUT2D eigenvalue weighted by atomic mass is 10.0. The van der Waals surface area contributed by atoms with Crippen LogP contribution in [0.5, 0.6) is 0 Å². The Bertz CT molecular complexity index is 376. The van der Waals surface area contributed by atoms with Crippen molar-refractivity contribution in [2.45, 2.75) is 24.4 Å². The van der Waals surface area contributed by atoms with Crippen LogP contribution in [0.1, 0.15) is 11.7 Å². The second-order valence-corrected chi connectivity index (χ2v) is 4.66. The Labute approximate surface area is 106 Å². The van der Waals surface area contributed by atoms with Gasteiger partial charge in [-0.1, -0.05) is 6.07 Å². The second kappa shape index (κ2) is 4.92. The minimum atomic E-state index is -1.06. The number of rotatable bonds is 2. The molecule has 2 rings (SSSR count). The number of nitrogens with zero attached hydrogens (tertiary/aromatic N) is 1. The summed E-state index contributed by atoms with van der Waals surface area (Å²) in [6.07, 6.45) is -1.82. The topological polar surface area (TPSA) is 82.8 Å². The molecule has 1 aliphatic heterocycles. The zero-order chi connectivity index (χ0) is 11.7. The van der Waals surface area contributed by atoms with Gasteiger partial charge in [-0.15, -0.1) is 0 Å². The number of hydrogen-bond donors (Lipinski definition) is 3. The first-order valence-electron chi connectivity index (χ1n) is 4.88. The first kappa shape index (κ1) is 12.2. The molecule has 2 heterocycles. The molecule has 3 N–H and O–H groups in total. The van der Waals surface area contributed by atoms with Gasteiger partial charge < -0.3 is 20.1 Å². The van der Waals surface area contributed by atoms with Crippen molar-refractivity contribution < 1.29 is 20.1 Å². The third-order valence-corrected chi connectivity index (χ3v) is 3.54. The molecule has 0 amide bonds. The van der Waals surface area contributed by atoms with Crippen LogP contribution in [0.15, 0.2) is 18.3 Å². The van der Waals surface area contributed by atoms with Crippen LogP contribution in [0.2, 0.25) is 0 Å². The second-order valence-electron chi connectivity index (χ2n) is 3.64. The van der Waals surface area contributed by atoms with E-state index >= 15 is 0 Å². The number of aliphatic hydroxyl groups is 3. The lowest BCUT2D eigenvalue weighted by molar-refractivity contribution is -0.0230. The van der Waals surface area contributed by atoms with Crippen LogP contribution in [0.25, 0.3) is 0 Å². The van der Waals surface area contributed by atoms with Crippen molar-refractivity contribution in [3.8, 4) is 0 Å². The van der Waals surface area contributed by atoms with E-state index in [2.05, 4.69) is 4.98 Å². The van der Waals surface area contributed by atoms with E-state index in [1.54, 1.807) is 18.3 Å². The maximum atomic E-state index is 9.82. The van der Waals surface area contributed by atoms with Crippen molar-refractivity contribution in [1.29, 1.82) is 0 Å². The number of aromatic nitrogens is 1. The number of halogens is 1. The van der Waals surface area contributed by atoms with Gasteiger partial charge in [0.05, 0.1) is 6.61 Å². The van der Waals surface area contributed by atoms with E-state index in [9.17, 15) is 10.2 Å². The van der Waals surface area contributed by atoms with Crippen molar-refractivity contribution in [3.63, 3.8) is 0 Å². The molecule has 0 unspecified atom stereocenters. The van der Waals surface area contributed by atoms with Crippen LogP contribution in [-0.4, -0.2) is 45.2 Å². The predicted molar refractivity (Wildman–Crippen MR) is 63.7 cm³/mol. The highest BCUT2D eigenvalue weighted by atomic mass is 127. The summed E-state index contributed by atoms with van der Waals surface area (Å²) in [5, 5.41) is 28.4. The largest absolute Gasteiger partial charge is 0.394 e. The molecule has 1 saturated heterocycles. The lowest BCUT2D eigenvalue weighted by Gasteiger charge is -2.15. The molecule has 0 spiro atoms. The van der Waals surface area contributed by atoms with Crippen LogP contribution < -0.4 is 0 Å². The molecule has 1 aliphatic rings. The summed E-state index contributed by atoms with van der Waals surface area (Å²) in [7, 11) is 0. The number of ether oxygens (including phenoxy) is 1. The minimum Gasteiger partial charge on any atom is -0.394 e. The summed E-state index contributed by atoms with van der Waals surface area (Å²) in [4.78, 5) is 4.09. The van der Waals surface area contributed by atoms with Crippen LogP contribution >= 0.6 is 22.6 Å². The highest BCUT2D eigenvalue weighted by Gasteiger charge is 2.43. The van der Waals surface area contributed by atoms with E-state index < -0.39 is 24.4 Å². The molecule has 0 radical (unpaired) electrons. The fourth-order valence-electron chi connectivity index (χ4n) is 1.77. The number of aliphatic hydroxyl groups excluding tert-OH is 3. The Kier molecular flexibility index (Phi) is 3.75. The molecule has 1 aromatic rings. The van der Waals surface area contributed by atoms with Crippen molar-refractivity contribution in [3.05, 3.63) is 27.6 Å². The zero-order valence-corrected chi connectivity index (χ0v) is 10.5. The number of pyridine rings is 1. The van der Waals surface area contributed by atoms with E-state index in [0.717, 1.165) is 9.26 Å². The van der Waals surface area contributed by atoms with Gasteiger partial charge in [0.2, 0.25) is 0 Å². The fourth-order valence-corrected chi connectivity index (χ4v) is 2.41. The molecule has 0 bridgehead atoms. The van der Waals surface area contributed by atoms with Gasteiger partial charge in [0.1, 0.15) is 28.1 Å². The van der Waals surface area contributed by atoms with Crippen LogP contribution in [0.4, 0.5) is 0 Å².